The van der Waals surface area contributed by atoms with E-state index in [1.54, 1.807) is 0 Å². The average Bonchev–Trinajstić information content (AvgIpc) is 3.54. The molecule has 0 radical (unpaired) electrons. The summed E-state index contributed by atoms with van der Waals surface area (Å²) in [5.41, 5.74) is 0.693. The van der Waals surface area contributed by atoms with Gasteiger partial charge < -0.3 is 59.8 Å². The molecule has 18 heteroatoms. The number of aromatic nitrogens is 6. The standard InChI is InChI=1S/C19H30N6O12/c26-3-10-12(28)14(30)16(32)18(36-10)34-5-8-1-20-25(22-8)7-24-2-9(21-23-24)6-35-19-17(33)15(31)13(29)11(4-27)37-19/h1-2,10-19,26-33H,3-7H2/t10-,11-,12-,13-,14+,15+,16-,17-,18-,19-/m1/s1. The summed E-state index contributed by atoms with van der Waals surface area (Å²) in [5, 5.41) is 93.9. The molecule has 0 bridgehead atoms. The van der Waals surface area contributed by atoms with Gasteiger partial charge in [-0.1, -0.05) is 5.21 Å². The van der Waals surface area contributed by atoms with Crippen LogP contribution in [0, 0.1) is 0 Å². The summed E-state index contributed by atoms with van der Waals surface area (Å²) in [6, 6.07) is 0. The van der Waals surface area contributed by atoms with Gasteiger partial charge in [-0.15, -0.1) is 5.10 Å². The molecule has 2 aliphatic rings. The maximum Gasteiger partial charge on any atom is 0.187 e. The van der Waals surface area contributed by atoms with Crippen molar-refractivity contribution in [1.29, 1.82) is 0 Å². The van der Waals surface area contributed by atoms with Crippen molar-refractivity contribution < 1.29 is 59.8 Å². The minimum atomic E-state index is -1.56. The Kier molecular flexibility index (Phi) is 9.11. The topological polar surface area (TPSA) is 260 Å². The number of nitrogens with zero attached hydrogens (tertiary/aromatic N) is 6. The highest BCUT2D eigenvalue weighted by molar-refractivity contribution is 4.94. The van der Waals surface area contributed by atoms with Crippen molar-refractivity contribution in [3.05, 3.63) is 23.8 Å². The van der Waals surface area contributed by atoms with E-state index in [9.17, 15) is 40.9 Å². The zero-order valence-corrected chi connectivity index (χ0v) is 19.4. The van der Waals surface area contributed by atoms with E-state index < -0.39 is 74.6 Å². The van der Waals surface area contributed by atoms with Gasteiger partial charge in [0.2, 0.25) is 0 Å². The van der Waals surface area contributed by atoms with Crippen molar-refractivity contribution >= 4 is 0 Å². The maximum absolute atomic E-state index is 10.0. The number of ether oxygens (including phenoxy) is 4. The van der Waals surface area contributed by atoms with Crippen molar-refractivity contribution in [1.82, 2.24) is 30.0 Å². The summed E-state index contributed by atoms with van der Waals surface area (Å²) in [4.78, 5) is 1.27. The molecule has 10 atom stereocenters. The van der Waals surface area contributed by atoms with E-state index in [1.807, 2.05) is 0 Å². The number of hydrogen-bond acceptors (Lipinski definition) is 16. The molecule has 2 saturated heterocycles. The van der Waals surface area contributed by atoms with Crippen molar-refractivity contribution in [2.24, 2.45) is 0 Å². The Morgan fingerprint density at radius 3 is 1.84 bits per heavy atom. The predicted molar refractivity (Wildman–Crippen MR) is 113 cm³/mol. The fourth-order valence-corrected chi connectivity index (χ4v) is 3.82. The van der Waals surface area contributed by atoms with E-state index in [1.165, 1.54) is 21.9 Å². The monoisotopic (exact) mass is 534 g/mol. The highest BCUT2D eigenvalue weighted by Gasteiger charge is 2.45. The van der Waals surface area contributed by atoms with Crippen LogP contribution >= 0.6 is 0 Å². The van der Waals surface area contributed by atoms with Crippen LogP contribution in [0.4, 0.5) is 0 Å². The zero-order chi connectivity index (χ0) is 26.7. The molecule has 2 aromatic heterocycles. The lowest BCUT2D eigenvalue weighted by molar-refractivity contribution is -0.304. The third-order valence-electron chi connectivity index (χ3n) is 5.93. The smallest absolute Gasteiger partial charge is 0.187 e. The number of aliphatic hydroxyl groups excluding tert-OH is 8. The first kappa shape index (κ1) is 27.8. The largest absolute Gasteiger partial charge is 0.394 e. The molecule has 0 unspecified atom stereocenters. The van der Waals surface area contributed by atoms with Gasteiger partial charge in [0.1, 0.15) is 60.2 Å². The first-order chi connectivity index (χ1) is 17.7. The molecular formula is C19H30N6O12. The van der Waals surface area contributed by atoms with Crippen molar-refractivity contribution in [3.63, 3.8) is 0 Å². The molecule has 0 saturated carbocycles. The summed E-state index contributed by atoms with van der Waals surface area (Å²) >= 11 is 0. The maximum atomic E-state index is 10.0. The number of rotatable bonds is 10. The molecule has 2 fully saturated rings. The van der Waals surface area contributed by atoms with Crippen LogP contribution in [0.1, 0.15) is 11.4 Å². The molecule has 2 aromatic rings. The molecule has 2 aliphatic heterocycles. The minimum absolute atomic E-state index is 0.0487. The second kappa shape index (κ2) is 12.1. The zero-order valence-electron chi connectivity index (χ0n) is 19.4. The Morgan fingerprint density at radius 2 is 1.30 bits per heavy atom. The van der Waals surface area contributed by atoms with Crippen LogP contribution in [0.25, 0.3) is 0 Å². The lowest BCUT2D eigenvalue weighted by atomic mass is 9.99. The van der Waals surface area contributed by atoms with Crippen molar-refractivity contribution in [3.8, 4) is 0 Å². The van der Waals surface area contributed by atoms with Gasteiger partial charge in [0.15, 0.2) is 19.2 Å². The third kappa shape index (κ3) is 6.28. The molecule has 0 spiro atoms. The molecule has 4 heterocycles. The summed E-state index contributed by atoms with van der Waals surface area (Å²) in [7, 11) is 0. The first-order valence-electron chi connectivity index (χ1n) is 11.3. The molecule has 0 aromatic carbocycles. The van der Waals surface area contributed by atoms with Crippen molar-refractivity contribution in [2.75, 3.05) is 13.2 Å². The lowest BCUT2D eigenvalue weighted by Crippen LogP contribution is -2.59. The van der Waals surface area contributed by atoms with Gasteiger partial charge >= 0.3 is 0 Å². The Balaban J connectivity index is 1.26. The molecule has 4 rings (SSSR count). The summed E-state index contributed by atoms with van der Waals surface area (Å²) in [5.74, 6) is 0. The SMILES string of the molecule is OC[C@H]1O[C@@H](OCc2cn(Cn3ncc(CO[C@@H]4O[C@H](CO)[C@@H](O)[C@H](O)[C@H]4O)n3)nn2)[C@H](O)[C@@H](O)[C@@H]1O. The van der Waals surface area contributed by atoms with Crippen LogP contribution in [-0.4, -0.2) is 145 Å². The minimum Gasteiger partial charge on any atom is -0.394 e. The Bertz CT molecular complexity index is 914. The predicted octanol–water partition coefficient (Wildman–Crippen LogP) is -5.99. The fraction of sp³-hybridized carbons (Fsp3) is 0.789. The van der Waals surface area contributed by atoms with Gasteiger partial charge in [-0.3, -0.25) is 0 Å². The Labute approximate surface area is 208 Å². The molecule has 37 heavy (non-hydrogen) atoms. The second-order valence-electron chi connectivity index (χ2n) is 8.62. The van der Waals surface area contributed by atoms with E-state index in [2.05, 4.69) is 20.5 Å². The quantitative estimate of drug-likeness (QED) is 0.141. The molecular weight excluding hydrogens is 504 g/mol. The van der Waals surface area contributed by atoms with Crippen LogP contribution in [0.2, 0.25) is 0 Å². The number of aliphatic hydroxyl groups is 8. The highest BCUT2D eigenvalue weighted by atomic mass is 16.7. The first-order valence-corrected chi connectivity index (χ1v) is 11.3. The van der Waals surface area contributed by atoms with Crippen LogP contribution in [0.5, 0.6) is 0 Å². The molecule has 18 nitrogen and oxygen atoms in total. The summed E-state index contributed by atoms with van der Waals surface area (Å²) in [6.07, 6.45) is -11.1. The molecule has 8 N–H and O–H groups in total. The Morgan fingerprint density at radius 1 is 0.757 bits per heavy atom. The van der Waals surface area contributed by atoms with Gasteiger partial charge in [-0.2, -0.15) is 15.0 Å². The van der Waals surface area contributed by atoms with E-state index in [0.29, 0.717) is 11.4 Å². The third-order valence-corrected chi connectivity index (χ3v) is 5.93. The average molecular weight is 534 g/mol. The normalized spacial score (nSPS) is 36.6. The second-order valence-corrected chi connectivity index (χ2v) is 8.62. The van der Waals surface area contributed by atoms with Gasteiger partial charge in [0.05, 0.1) is 38.8 Å². The van der Waals surface area contributed by atoms with E-state index in [0.717, 1.165) is 0 Å². The van der Waals surface area contributed by atoms with E-state index >= 15 is 0 Å². The van der Waals surface area contributed by atoms with Gasteiger partial charge in [-0.05, 0) is 0 Å². The van der Waals surface area contributed by atoms with Crippen LogP contribution in [-0.2, 0) is 38.8 Å². The summed E-state index contributed by atoms with van der Waals surface area (Å²) < 4.78 is 22.8. The van der Waals surface area contributed by atoms with Gasteiger partial charge in [0, 0.05) is 0 Å². The van der Waals surface area contributed by atoms with Crippen LogP contribution in [0.3, 0.4) is 0 Å². The van der Waals surface area contributed by atoms with E-state index in [-0.39, 0.29) is 19.9 Å². The fourth-order valence-electron chi connectivity index (χ4n) is 3.82. The highest BCUT2D eigenvalue weighted by Crippen LogP contribution is 2.23. The van der Waals surface area contributed by atoms with Gasteiger partial charge in [0.25, 0.3) is 0 Å². The summed E-state index contributed by atoms with van der Waals surface area (Å²) in [6.45, 7) is -1.42. The van der Waals surface area contributed by atoms with Crippen LogP contribution < -0.4 is 0 Å². The van der Waals surface area contributed by atoms with Crippen LogP contribution in [0.15, 0.2) is 12.4 Å². The molecule has 0 aliphatic carbocycles. The lowest BCUT2D eigenvalue weighted by Gasteiger charge is -2.39. The van der Waals surface area contributed by atoms with Gasteiger partial charge in [-0.25, -0.2) is 4.68 Å². The molecule has 208 valence electrons. The van der Waals surface area contributed by atoms with E-state index in [4.69, 9.17) is 18.9 Å². The number of hydrogen-bond donors (Lipinski definition) is 8. The van der Waals surface area contributed by atoms with Crippen molar-refractivity contribution in [2.45, 2.75) is 81.3 Å². The molecule has 0 amide bonds. The Hall–Kier alpha value is -2.20.